The monoisotopic (exact) mass is 338 g/mol. The Morgan fingerprint density at radius 3 is 3.00 bits per heavy atom. The van der Waals surface area contributed by atoms with E-state index in [-0.39, 0.29) is 29.4 Å². The minimum atomic E-state index is -0.619. The molecule has 0 saturated carbocycles. The minimum Gasteiger partial charge on any atom is -0.508 e. The number of allylic oxidation sites excluding steroid dienone is 4. The highest BCUT2D eigenvalue weighted by atomic mass is 16.4. The van der Waals surface area contributed by atoms with E-state index in [1.54, 1.807) is 6.08 Å². The summed E-state index contributed by atoms with van der Waals surface area (Å²) < 4.78 is 4.88. The summed E-state index contributed by atoms with van der Waals surface area (Å²) >= 11 is 0. The number of H-pyrrole nitrogens is 1. The van der Waals surface area contributed by atoms with Crippen LogP contribution in [0, 0.1) is 17.2 Å². The standard InChI is InChI=1S/C18H14N2O5/c19-8-12(5-10-1-3-15(22)13(6-10)9-21)17(23)11-2-4-16-14(7-11)20-18(24)25-16/h1-5,7,10,21-22H,6,9H2,(H,20,24)/b12-5+. The summed E-state index contributed by atoms with van der Waals surface area (Å²) in [6.07, 6.45) is 4.93. The van der Waals surface area contributed by atoms with Crippen molar-refractivity contribution in [2.75, 3.05) is 6.61 Å². The lowest BCUT2D eigenvalue weighted by Crippen LogP contribution is -2.09. The van der Waals surface area contributed by atoms with E-state index in [4.69, 9.17) is 4.42 Å². The number of ketones is 1. The Kier molecular flexibility index (Phi) is 4.37. The third-order valence-corrected chi connectivity index (χ3v) is 3.96. The number of fused-ring (bicyclic) bond motifs is 1. The van der Waals surface area contributed by atoms with Gasteiger partial charge in [0.15, 0.2) is 5.58 Å². The van der Waals surface area contributed by atoms with Gasteiger partial charge in [-0.2, -0.15) is 5.26 Å². The molecule has 7 nitrogen and oxygen atoms in total. The van der Waals surface area contributed by atoms with Crippen molar-refractivity contribution in [2.45, 2.75) is 6.42 Å². The SMILES string of the molecule is N#C/C(=C\C1C=CC(O)=C(CO)C1)C(=O)c1ccc2oc(=O)[nH]c2c1. The first-order valence-electron chi connectivity index (χ1n) is 7.51. The number of Topliss-reactive ketones (excluding diaryl/α,β-unsaturated/α-hetero) is 1. The summed E-state index contributed by atoms with van der Waals surface area (Å²) in [6, 6.07) is 6.31. The molecular formula is C18H14N2O5. The maximum absolute atomic E-state index is 12.6. The van der Waals surface area contributed by atoms with Crippen LogP contribution in [0.5, 0.6) is 0 Å². The molecule has 3 rings (SSSR count). The van der Waals surface area contributed by atoms with Gasteiger partial charge in [-0.3, -0.25) is 9.78 Å². The van der Waals surface area contributed by atoms with Gasteiger partial charge in [0.2, 0.25) is 5.78 Å². The van der Waals surface area contributed by atoms with Crippen LogP contribution in [0.15, 0.2) is 62.5 Å². The molecule has 25 heavy (non-hydrogen) atoms. The van der Waals surface area contributed by atoms with Crippen LogP contribution in [0.3, 0.4) is 0 Å². The largest absolute Gasteiger partial charge is 0.508 e. The second kappa shape index (κ2) is 6.63. The fourth-order valence-corrected chi connectivity index (χ4v) is 2.68. The van der Waals surface area contributed by atoms with Crippen molar-refractivity contribution >= 4 is 16.9 Å². The van der Waals surface area contributed by atoms with E-state index in [1.165, 1.54) is 30.4 Å². The van der Waals surface area contributed by atoms with Crippen molar-refractivity contribution in [1.82, 2.24) is 4.98 Å². The number of hydrogen-bond acceptors (Lipinski definition) is 6. The van der Waals surface area contributed by atoms with Crippen LogP contribution >= 0.6 is 0 Å². The smallest absolute Gasteiger partial charge is 0.417 e. The number of aromatic amines is 1. The Hall–Kier alpha value is -3.37. The number of benzene rings is 1. The van der Waals surface area contributed by atoms with E-state index in [0.717, 1.165) is 0 Å². The van der Waals surface area contributed by atoms with E-state index in [2.05, 4.69) is 4.98 Å². The topological polar surface area (TPSA) is 127 Å². The lowest BCUT2D eigenvalue weighted by atomic mass is 9.90. The number of nitriles is 1. The van der Waals surface area contributed by atoms with Crippen molar-refractivity contribution < 1.29 is 19.4 Å². The van der Waals surface area contributed by atoms with Gasteiger partial charge >= 0.3 is 5.76 Å². The van der Waals surface area contributed by atoms with Crippen LogP contribution < -0.4 is 5.76 Å². The second-order valence-electron chi connectivity index (χ2n) is 5.62. The predicted molar refractivity (Wildman–Crippen MR) is 88.8 cm³/mol. The van der Waals surface area contributed by atoms with Gasteiger partial charge in [0, 0.05) is 11.5 Å². The molecule has 0 fully saturated rings. The Morgan fingerprint density at radius 2 is 2.28 bits per heavy atom. The summed E-state index contributed by atoms with van der Waals surface area (Å²) in [5.74, 6) is -1.38. The van der Waals surface area contributed by atoms with Crippen LogP contribution in [0.1, 0.15) is 16.8 Å². The van der Waals surface area contributed by atoms with E-state index in [0.29, 0.717) is 23.1 Å². The fourth-order valence-electron chi connectivity index (χ4n) is 2.68. The maximum Gasteiger partial charge on any atom is 0.417 e. The number of hydrogen-bond donors (Lipinski definition) is 3. The van der Waals surface area contributed by atoms with Crippen LogP contribution in [-0.4, -0.2) is 27.6 Å². The second-order valence-corrected chi connectivity index (χ2v) is 5.62. The Balaban J connectivity index is 1.89. The van der Waals surface area contributed by atoms with Crippen LogP contribution in [-0.2, 0) is 0 Å². The number of aromatic nitrogens is 1. The number of carbonyl (C=O) groups excluding carboxylic acids is 1. The zero-order valence-electron chi connectivity index (χ0n) is 13.0. The van der Waals surface area contributed by atoms with E-state index in [1.807, 2.05) is 6.07 Å². The first-order valence-corrected chi connectivity index (χ1v) is 7.51. The average Bonchev–Trinajstić information content (AvgIpc) is 2.99. The third-order valence-electron chi connectivity index (χ3n) is 3.96. The van der Waals surface area contributed by atoms with Crippen LogP contribution in [0.2, 0.25) is 0 Å². The molecular weight excluding hydrogens is 324 g/mol. The van der Waals surface area contributed by atoms with E-state index >= 15 is 0 Å². The van der Waals surface area contributed by atoms with Crippen molar-refractivity contribution in [3.05, 3.63) is 69.4 Å². The van der Waals surface area contributed by atoms with Gasteiger partial charge in [0.05, 0.1) is 17.7 Å². The molecule has 1 aromatic carbocycles. The zero-order chi connectivity index (χ0) is 18.0. The maximum atomic E-state index is 12.6. The molecule has 1 atom stereocenters. The lowest BCUT2D eigenvalue weighted by molar-refractivity contribution is 0.103. The van der Waals surface area contributed by atoms with E-state index < -0.39 is 11.5 Å². The third kappa shape index (κ3) is 3.29. The molecule has 1 unspecified atom stereocenters. The van der Waals surface area contributed by atoms with Gasteiger partial charge < -0.3 is 14.6 Å². The molecule has 0 aliphatic heterocycles. The summed E-state index contributed by atoms with van der Waals surface area (Å²) in [6.45, 7) is -0.291. The van der Waals surface area contributed by atoms with Crippen molar-refractivity contribution in [3.8, 4) is 6.07 Å². The molecule has 1 aliphatic carbocycles. The van der Waals surface area contributed by atoms with Gasteiger partial charge in [0.1, 0.15) is 11.8 Å². The first-order chi connectivity index (χ1) is 12.0. The Bertz CT molecular complexity index is 1030. The minimum absolute atomic E-state index is 0.00588. The molecule has 3 N–H and O–H groups in total. The zero-order valence-corrected chi connectivity index (χ0v) is 13.0. The fraction of sp³-hybridized carbons (Fsp3) is 0.167. The number of oxazole rings is 1. The highest BCUT2D eigenvalue weighted by Gasteiger charge is 2.19. The molecule has 1 aliphatic rings. The summed E-state index contributed by atoms with van der Waals surface area (Å²) in [7, 11) is 0. The molecule has 1 heterocycles. The van der Waals surface area contributed by atoms with Crippen molar-refractivity contribution in [3.63, 3.8) is 0 Å². The molecule has 0 spiro atoms. The molecule has 1 aromatic heterocycles. The Morgan fingerprint density at radius 1 is 1.48 bits per heavy atom. The number of nitrogens with zero attached hydrogens (tertiary/aromatic N) is 1. The number of aliphatic hydroxyl groups is 2. The molecule has 126 valence electrons. The van der Waals surface area contributed by atoms with Crippen LogP contribution in [0.25, 0.3) is 11.1 Å². The number of nitrogens with one attached hydrogen (secondary N) is 1. The number of carbonyl (C=O) groups is 1. The lowest BCUT2D eigenvalue weighted by Gasteiger charge is -2.16. The average molecular weight is 338 g/mol. The molecule has 0 radical (unpaired) electrons. The quantitative estimate of drug-likeness (QED) is 0.445. The van der Waals surface area contributed by atoms with Crippen molar-refractivity contribution in [1.29, 1.82) is 5.26 Å². The number of rotatable bonds is 4. The van der Waals surface area contributed by atoms with Gasteiger partial charge in [-0.25, -0.2) is 4.79 Å². The summed E-state index contributed by atoms with van der Waals surface area (Å²) in [5, 5.41) is 28.2. The van der Waals surface area contributed by atoms with Gasteiger partial charge in [0.25, 0.3) is 0 Å². The molecule has 0 saturated heterocycles. The number of aliphatic hydroxyl groups excluding tert-OH is 2. The highest BCUT2D eigenvalue weighted by Crippen LogP contribution is 2.25. The van der Waals surface area contributed by atoms with Crippen LogP contribution in [0.4, 0.5) is 0 Å². The highest BCUT2D eigenvalue weighted by molar-refractivity contribution is 6.12. The van der Waals surface area contributed by atoms with E-state index in [9.17, 15) is 25.1 Å². The molecule has 0 bridgehead atoms. The Labute approximate surface area is 141 Å². The molecule has 2 aromatic rings. The normalized spacial score (nSPS) is 17.8. The van der Waals surface area contributed by atoms with Crippen molar-refractivity contribution in [2.24, 2.45) is 5.92 Å². The molecule has 0 amide bonds. The van der Waals surface area contributed by atoms with Gasteiger partial charge in [-0.05, 0) is 36.3 Å². The first kappa shape index (κ1) is 16.5. The summed E-state index contributed by atoms with van der Waals surface area (Å²) in [5.41, 5.74) is 1.34. The summed E-state index contributed by atoms with van der Waals surface area (Å²) in [4.78, 5) is 26.2. The molecule has 7 heteroatoms. The predicted octanol–water partition coefficient (Wildman–Crippen LogP) is 2.13. The van der Waals surface area contributed by atoms with Gasteiger partial charge in [-0.1, -0.05) is 12.2 Å². The van der Waals surface area contributed by atoms with Gasteiger partial charge in [-0.15, -0.1) is 0 Å².